The quantitative estimate of drug-likeness (QED) is 0.850. The number of fused-ring (bicyclic) bond motifs is 1. The topological polar surface area (TPSA) is 61.4 Å². The first-order valence-electron chi connectivity index (χ1n) is 6.84. The third-order valence-corrected chi connectivity index (χ3v) is 3.38. The second-order valence-corrected chi connectivity index (χ2v) is 5.56. The van der Waals surface area contributed by atoms with Crippen molar-refractivity contribution in [1.29, 1.82) is 0 Å². The Morgan fingerprint density at radius 3 is 2.90 bits per heavy atom. The molecule has 0 spiro atoms. The number of hydrogen-bond donors (Lipinski definition) is 2. The lowest BCUT2D eigenvalue weighted by molar-refractivity contribution is -0.115. The minimum atomic E-state index is -0.0970. The molecule has 2 N–H and O–H groups in total. The summed E-state index contributed by atoms with van der Waals surface area (Å²) >= 11 is 0. The lowest BCUT2D eigenvalue weighted by Gasteiger charge is -2.17. The van der Waals surface area contributed by atoms with Crippen molar-refractivity contribution < 1.29 is 9.59 Å². The molecule has 0 saturated heterocycles. The van der Waals surface area contributed by atoms with Crippen molar-refractivity contribution in [3.8, 4) is 0 Å². The van der Waals surface area contributed by atoms with E-state index >= 15 is 0 Å². The molecule has 2 rings (SSSR count). The van der Waals surface area contributed by atoms with Gasteiger partial charge in [-0.2, -0.15) is 0 Å². The van der Waals surface area contributed by atoms with E-state index in [0.717, 1.165) is 24.2 Å². The predicted octanol–water partition coefficient (Wildman–Crippen LogP) is 1.25. The van der Waals surface area contributed by atoms with Gasteiger partial charge in [-0.1, -0.05) is 6.07 Å². The van der Waals surface area contributed by atoms with Crippen LogP contribution in [0.5, 0.6) is 0 Å². The molecule has 1 aliphatic rings. The smallest absolute Gasteiger partial charge is 0.251 e. The van der Waals surface area contributed by atoms with Crippen LogP contribution in [0.2, 0.25) is 0 Å². The van der Waals surface area contributed by atoms with Crippen LogP contribution < -0.4 is 10.6 Å². The molecule has 1 aromatic carbocycles. The number of amides is 2. The van der Waals surface area contributed by atoms with E-state index in [1.165, 1.54) is 0 Å². The van der Waals surface area contributed by atoms with Gasteiger partial charge >= 0.3 is 0 Å². The van der Waals surface area contributed by atoms with Crippen molar-refractivity contribution in [1.82, 2.24) is 10.2 Å². The molecular weight excluding hydrogens is 254 g/mol. The molecule has 20 heavy (non-hydrogen) atoms. The zero-order chi connectivity index (χ0) is 14.7. The highest BCUT2D eigenvalue weighted by molar-refractivity contribution is 6.02. The number of rotatable bonds is 5. The van der Waals surface area contributed by atoms with E-state index in [-0.39, 0.29) is 17.9 Å². The first kappa shape index (κ1) is 14.5. The van der Waals surface area contributed by atoms with Crippen LogP contribution in [0.1, 0.15) is 29.3 Å². The van der Waals surface area contributed by atoms with Crippen molar-refractivity contribution >= 4 is 17.5 Å². The average Bonchev–Trinajstić information content (AvgIpc) is 2.75. The summed E-state index contributed by atoms with van der Waals surface area (Å²) in [7, 11) is 4.02. The van der Waals surface area contributed by atoms with Gasteiger partial charge in [-0.05, 0) is 51.7 Å². The van der Waals surface area contributed by atoms with Crippen molar-refractivity contribution in [2.24, 2.45) is 0 Å². The van der Waals surface area contributed by atoms with Crippen LogP contribution in [0, 0.1) is 0 Å². The second kappa shape index (κ2) is 6.05. The van der Waals surface area contributed by atoms with Gasteiger partial charge in [0.05, 0.1) is 6.42 Å². The molecule has 0 bridgehead atoms. The molecular formula is C15H21N3O2. The standard InChI is InChI=1S/C15H21N3O2/c1-10(6-7-18(2)3)16-15(20)12-5-4-11-9-14(19)17-13(11)8-12/h4-5,8,10H,6-7,9H2,1-3H3,(H,16,20)(H,17,19). The Balaban J connectivity index is 1.96. The summed E-state index contributed by atoms with van der Waals surface area (Å²) in [6.07, 6.45) is 1.30. The maximum absolute atomic E-state index is 12.1. The Kier molecular flexibility index (Phi) is 4.39. The highest BCUT2D eigenvalue weighted by Crippen LogP contribution is 2.23. The summed E-state index contributed by atoms with van der Waals surface area (Å²) in [5, 5.41) is 5.74. The minimum absolute atomic E-state index is 0.0168. The Hall–Kier alpha value is -1.88. The van der Waals surface area contributed by atoms with Gasteiger partial charge in [-0.3, -0.25) is 9.59 Å². The fourth-order valence-corrected chi connectivity index (χ4v) is 2.19. The summed E-state index contributed by atoms with van der Waals surface area (Å²) in [5.41, 5.74) is 2.29. The van der Waals surface area contributed by atoms with E-state index < -0.39 is 0 Å². The Bertz CT molecular complexity index is 526. The van der Waals surface area contributed by atoms with Crippen molar-refractivity contribution in [2.75, 3.05) is 26.0 Å². The van der Waals surface area contributed by atoms with Crippen molar-refractivity contribution in [3.63, 3.8) is 0 Å². The van der Waals surface area contributed by atoms with Crippen LogP contribution >= 0.6 is 0 Å². The Labute approximate surface area is 119 Å². The Morgan fingerprint density at radius 2 is 2.20 bits per heavy atom. The number of nitrogens with one attached hydrogen (secondary N) is 2. The number of benzene rings is 1. The largest absolute Gasteiger partial charge is 0.350 e. The number of carbonyl (C=O) groups is 2. The van der Waals surface area contributed by atoms with Crippen LogP contribution in [0.3, 0.4) is 0 Å². The highest BCUT2D eigenvalue weighted by Gasteiger charge is 2.19. The Morgan fingerprint density at radius 1 is 1.45 bits per heavy atom. The third-order valence-electron chi connectivity index (χ3n) is 3.38. The SMILES string of the molecule is CC(CCN(C)C)NC(=O)c1ccc2c(c1)NC(=O)C2. The molecule has 1 unspecified atom stereocenters. The van der Waals surface area contributed by atoms with Gasteiger partial charge in [0, 0.05) is 17.3 Å². The van der Waals surface area contributed by atoms with Crippen LogP contribution in [-0.4, -0.2) is 43.4 Å². The maximum Gasteiger partial charge on any atom is 0.251 e. The fraction of sp³-hybridized carbons (Fsp3) is 0.467. The normalized spacial score (nSPS) is 14.9. The molecule has 0 fully saturated rings. The number of hydrogen-bond acceptors (Lipinski definition) is 3. The van der Waals surface area contributed by atoms with E-state index in [0.29, 0.717) is 12.0 Å². The van der Waals surface area contributed by atoms with Crippen LogP contribution in [-0.2, 0) is 11.2 Å². The van der Waals surface area contributed by atoms with Gasteiger partial charge in [0.1, 0.15) is 0 Å². The van der Waals surface area contributed by atoms with Gasteiger partial charge in [-0.15, -0.1) is 0 Å². The summed E-state index contributed by atoms with van der Waals surface area (Å²) < 4.78 is 0. The van der Waals surface area contributed by atoms with E-state index in [2.05, 4.69) is 15.5 Å². The molecule has 0 radical (unpaired) electrons. The van der Waals surface area contributed by atoms with Gasteiger partial charge in [0.15, 0.2) is 0 Å². The fourth-order valence-electron chi connectivity index (χ4n) is 2.19. The third kappa shape index (κ3) is 3.57. The monoisotopic (exact) mass is 275 g/mol. The van der Waals surface area contributed by atoms with Crippen LogP contribution in [0.15, 0.2) is 18.2 Å². The summed E-state index contributed by atoms with van der Waals surface area (Å²) in [6, 6.07) is 5.47. The van der Waals surface area contributed by atoms with Crippen molar-refractivity contribution in [3.05, 3.63) is 29.3 Å². The summed E-state index contributed by atoms with van der Waals surface area (Å²) in [6.45, 7) is 2.93. The number of carbonyl (C=O) groups excluding carboxylic acids is 2. The molecule has 108 valence electrons. The first-order chi connectivity index (χ1) is 9.45. The molecule has 5 heteroatoms. The number of nitrogens with zero attached hydrogens (tertiary/aromatic N) is 1. The lowest BCUT2D eigenvalue weighted by Crippen LogP contribution is -2.34. The van der Waals surface area contributed by atoms with Crippen LogP contribution in [0.25, 0.3) is 0 Å². The molecule has 5 nitrogen and oxygen atoms in total. The van der Waals surface area contributed by atoms with Crippen molar-refractivity contribution in [2.45, 2.75) is 25.8 Å². The first-order valence-corrected chi connectivity index (χ1v) is 6.84. The lowest BCUT2D eigenvalue weighted by atomic mass is 10.1. The zero-order valence-corrected chi connectivity index (χ0v) is 12.2. The zero-order valence-electron chi connectivity index (χ0n) is 12.2. The van der Waals surface area contributed by atoms with Crippen LogP contribution in [0.4, 0.5) is 5.69 Å². The maximum atomic E-state index is 12.1. The predicted molar refractivity (Wildman–Crippen MR) is 78.9 cm³/mol. The molecule has 1 heterocycles. The van der Waals surface area contributed by atoms with E-state index in [1.54, 1.807) is 12.1 Å². The van der Waals surface area contributed by atoms with E-state index in [4.69, 9.17) is 0 Å². The molecule has 0 aliphatic carbocycles. The second-order valence-electron chi connectivity index (χ2n) is 5.56. The average molecular weight is 275 g/mol. The molecule has 0 aromatic heterocycles. The van der Waals surface area contributed by atoms with E-state index in [9.17, 15) is 9.59 Å². The molecule has 1 aromatic rings. The van der Waals surface area contributed by atoms with E-state index in [1.807, 2.05) is 27.1 Å². The molecule has 0 saturated carbocycles. The molecule has 1 atom stereocenters. The number of anilines is 1. The molecule has 2 amide bonds. The van der Waals surface area contributed by atoms with Gasteiger partial charge < -0.3 is 15.5 Å². The van der Waals surface area contributed by atoms with Gasteiger partial charge in [0.25, 0.3) is 5.91 Å². The summed E-state index contributed by atoms with van der Waals surface area (Å²) in [4.78, 5) is 25.5. The minimum Gasteiger partial charge on any atom is -0.350 e. The highest BCUT2D eigenvalue weighted by atomic mass is 16.2. The molecule has 1 aliphatic heterocycles. The van der Waals surface area contributed by atoms with Gasteiger partial charge in [-0.25, -0.2) is 0 Å². The van der Waals surface area contributed by atoms with Gasteiger partial charge in [0.2, 0.25) is 5.91 Å². The summed E-state index contributed by atoms with van der Waals surface area (Å²) in [5.74, 6) is -0.114.